The third-order valence-corrected chi connectivity index (χ3v) is 6.36. The van der Waals surface area contributed by atoms with Gasteiger partial charge in [0.25, 0.3) is 11.8 Å². The zero-order valence-corrected chi connectivity index (χ0v) is 19.4. The fourth-order valence-electron chi connectivity index (χ4n) is 2.94. The largest absolute Gasteiger partial charge is 0.497 e. The van der Waals surface area contributed by atoms with Gasteiger partial charge in [0.15, 0.2) is 0 Å². The Morgan fingerprint density at radius 2 is 1.62 bits per heavy atom. The Hall–Kier alpha value is -3.36. The van der Waals surface area contributed by atoms with Crippen molar-refractivity contribution in [2.45, 2.75) is 13.8 Å². The van der Waals surface area contributed by atoms with E-state index >= 15 is 0 Å². The van der Waals surface area contributed by atoms with Crippen molar-refractivity contribution < 1.29 is 23.9 Å². The predicted molar refractivity (Wildman–Crippen MR) is 125 cm³/mol. The molecule has 2 amide bonds. The van der Waals surface area contributed by atoms with Gasteiger partial charge in [-0.05, 0) is 61.4 Å². The van der Waals surface area contributed by atoms with Gasteiger partial charge in [0.2, 0.25) is 0 Å². The Labute approximate surface area is 194 Å². The Bertz CT molecular complexity index is 1190. The van der Waals surface area contributed by atoms with Crippen molar-refractivity contribution in [2.75, 3.05) is 24.9 Å². The Morgan fingerprint density at radius 3 is 2.22 bits per heavy atom. The molecular formula is C23H21ClN2O5S. The zero-order valence-electron chi connectivity index (χ0n) is 17.9. The number of anilines is 2. The van der Waals surface area contributed by atoms with Gasteiger partial charge in [-0.25, -0.2) is 4.79 Å². The van der Waals surface area contributed by atoms with E-state index in [1.807, 2.05) is 6.92 Å². The van der Waals surface area contributed by atoms with Crippen molar-refractivity contribution in [2.24, 2.45) is 0 Å². The van der Waals surface area contributed by atoms with Gasteiger partial charge in [-0.3, -0.25) is 9.59 Å². The van der Waals surface area contributed by atoms with Crippen molar-refractivity contribution >= 4 is 51.4 Å². The number of halogens is 1. The Kier molecular flexibility index (Phi) is 7.17. The summed E-state index contributed by atoms with van der Waals surface area (Å²) in [7, 11) is 2.77. The molecule has 0 unspecified atom stereocenters. The number of benzene rings is 2. The number of hydrogen-bond acceptors (Lipinski definition) is 6. The molecule has 2 N–H and O–H groups in total. The van der Waals surface area contributed by atoms with Crippen LogP contribution in [0.5, 0.6) is 5.75 Å². The van der Waals surface area contributed by atoms with Crippen LogP contribution >= 0.6 is 22.9 Å². The number of carbonyl (C=O) groups is 3. The summed E-state index contributed by atoms with van der Waals surface area (Å²) in [6.07, 6.45) is 0. The summed E-state index contributed by atoms with van der Waals surface area (Å²) in [6.45, 7) is 3.49. The molecule has 0 fully saturated rings. The predicted octanol–water partition coefficient (Wildman–Crippen LogP) is 5.32. The monoisotopic (exact) mass is 472 g/mol. The fourth-order valence-corrected chi connectivity index (χ4v) is 4.21. The highest BCUT2D eigenvalue weighted by atomic mass is 35.5. The van der Waals surface area contributed by atoms with Crippen LogP contribution in [0, 0.1) is 13.8 Å². The van der Waals surface area contributed by atoms with Gasteiger partial charge >= 0.3 is 5.97 Å². The third kappa shape index (κ3) is 4.92. The number of amides is 2. The number of esters is 1. The van der Waals surface area contributed by atoms with Gasteiger partial charge in [-0.2, -0.15) is 0 Å². The van der Waals surface area contributed by atoms with Crippen molar-refractivity contribution in [3.8, 4) is 5.75 Å². The number of nitrogens with one attached hydrogen (secondary N) is 2. The van der Waals surface area contributed by atoms with E-state index in [0.29, 0.717) is 27.6 Å². The molecule has 0 aliphatic rings. The summed E-state index contributed by atoms with van der Waals surface area (Å²) in [5, 5.41) is 6.23. The molecule has 0 saturated carbocycles. The SMILES string of the molecule is COC(=O)c1c(NC(=O)c2ccc(OC)cc2)sc(C(=O)Nc2ccc(C)c(Cl)c2)c1C. The van der Waals surface area contributed by atoms with Crippen LogP contribution in [-0.4, -0.2) is 32.0 Å². The number of aryl methyl sites for hydroxylation is 1. The smallest absolute Gasteiger partial charge is 0.341 e. The van der Waals surface area contributed by atoms with Crippen LogP contribution in [0.25, 0.3) is 0 Å². The van der Waals surface area contributed by atoms with E-state index in [1.165, 1.54) is 14.2 Å². The summed E-state index contributed by atoms with van der Waals surface area (Å²) < 4.78 is 9.96. The average molecular weight is 473 g/mol. The van der Waals surface area contributed by atoms with Crippen molar-refractivity contribution in [3.05, 3.63) is 74.6 Å². The van der Waals surface area contributed by atoms with Gasteiger partial charge in [-0.15, -0.1) is 11.3 Å². The minimum absolute atomic E-state index is 0.131. The van der Waals surface area contributed by atoms with Crippen LogP contribution < -0.4 is 15.4 Å². The van der Waals surface area contributed by atoms with E-state index in [9.17, 15) is 14.4 Å². The highest BCUT2D eigenvalue weighted by molar-refractivity contribution is 7.19. The minimum Gasteiger partial charge on any atom is -0.497 e. The fraction of sp³-hybridized carbons (Fsp3) is 0.174. The maximum atomic E-state index is 12.9. The van der Waals surface area contributed by atoms with Gasteiger partial charge in [0, 0.05) is 16.3 Å². The zero-order chi connectivity index (χ0) is 23.4. The van der Waals surface area contributed by atoms with E-state index in [1.54, 1.807) is 49.4 Å². The number of ether oxygens (including phenoxy) is 2. The van der Waals surface area contributed by atoms with Gasteiger partial charge in [0.05, 0.1) is 24.7 Å². The van der Waals surface area contributed by atoms with E-state index in [4.69, 9.17) is 21.1 Å². The van der Waals surface area contributed by atoms with Gasteiger partial charge < -0.3 is 20.1 Å². The molecule has 1 aromatic heterocycles. The minimum atomic E-state index is -0.652. The summed E-state index contributed by atoms with van der Waals surface area (Å²) in [6, 6.07) is 11.7. The van der Waals surface area contributed by atoms with E-state index < -0.39 is 17.8 Å². The normalized spacial score (nSPS) is 10.4. The van der Waals surface area contributed by atoms with Gasteiger partial charge in [0.1, 0.15) is 10.8 Å². The lowest BCUT2D eigenvalue weighted by Crippen LogP contribution is -2.14. The van der Waals surface area contributed by atoms with Crippen molar-refractivity contribution in [1.29, 1.82) is 0 Å². The molecule has 0 radical (unpaired) electrons. The second kappa shape index (κ2) is 9.84. The molecule has 2 aromatic carbocycles. The maximum absolute atomic E-state index is 12.9. The number of rotatable bonds is 6. The van der Waals surface area contributed by atoms with Crippen molar-refractivity contribution in [3.63, 3.8) is 0 Å². The molecule has 0 bridgehead atoms. The van der Waals surface area contributed by atoms with Gasteiger partial charge in [-0.1, -0.05) is 17.7 Å². The van der Waals surface area contributed by atoms with Crippen LogP contribution in [0.15, 0.2) is 42.5 Å². The second-order valence-corrected chi connectivity index (χ2v) is 8.28. The molecule has 0 spiro atoms. The summed E-state index contributed by atoms with van der Waals surface area (Å²) in [4.78, 5) is 38.3. The number of methoxy groups -OCH3 is 2. The standard InChI is InChI=1S/C23H21ClN2O5S/c1-12-5-8-15(11-17(12)24)25-21(28)19-13(2)18(23(29)31-4)22(32-19)26-20(27)14-6-9-16(30-3)10-7-14/h5-11H,1-4H3,(H,25,28)(H,26,27). The molecule has 3 aromatic rings. The quantitative estimate of drug-likeness (QED) is 0.473. The molecule has 1 heterocycles. The average Bonchev–Trinajstić information content (AvgIpc) is 3.11. The summed E-state index contributed by atoms with van der Waals surface area (Å²) in [5.41, 5.74) is 2.30. The van der Waals surface area contributed by atoms with Crippen LogP contribution in [0.3, 0.4) is 0 Å². The molecule has 32 heavy (non-hydrogen) atoms. The number of carbonyl (C=O) groups excluding carboxylic acids is 3. The Morgan fingerprint density at radius 1 is 0.938 bits per heavy atom. The Balaban J connectivity index is 1.91. The molecule has 0 aliphatic carbocycles. The van der Waals surface area contributed by atoms with Crippen LogP contribution in [-0.2, 0) is 4.74 Å². The van der Waals surface area contributed by atoms with Crippen LogP contribution in [0.2, 0.25) is 5.02 Å². The first-order valence-electron chi connectivity index (χ1n) is 9.49. The highest BCUT2D eigenvalue weighted by Gasteiger charge is 2.26. The molecule has 7 nitrogen and oxygen atoms in total. The summed E-state index contributed by atoms with van der Waals surface area (Å²) >= 11 is 7.13. The lowest BCUT2D eigenvalue weighted by molar-refractivity contribution is 0.0601. The topological polar surface area (TPSA) is 93.7 Å². The maximum Gasteiger partial charge on any atom is 0.341 e. The molecule has 0 saturated heterocycles. The molecule has 3 rings (SSSR count). The van der Waals surface area contributed by atoms with E-state index in [-0.39, 0.29) is 15.4 Å². The lowest BCUT2D eigenvalue weighted by atomic mass is 10.1. The first-order valence-corrected chi connectivity index (χ1v) is 10.7. The second-order valence-electron chi connectivity index (χ2n) is 6.85. The van der Waals surface area contributed by atoms with E-state index in [2.05, 4.69) is 10.6 Å². The molecule has 0 aliphatic heterocycles. The van der Waals surface area contributed by atoms with E-state index in [0.717, 1.165) is 16.9 Å². The van der Waals surface area contributed by atoms with Crippen molar-refractivity contribution in [1.82, 2.24) is 0 Å². The lowest BCUT2D eigenvalue weighted by Gasteiger charge is -2.07. The number of thiophene rings is 1. The molecule has 166 valence electrons. The molecule has 0 atom stereocenters. The molecular weight excluding hydrogens is 452 g/mol. The summed E-state index contributed by atoms with van der Waals surface area (Å²) in [5.74, 6) is -0.904. The number of hydrogen-bond donors (Lipinski definition) is 2. The highest BCUT2D eigenvalue weighted by Crippen LogP contribution is 2.35. The third-order valence-electron chi connectivity index (χ3n) is 4.75. The first-order chi connectivity index (χ1) is 15.2. The first kappa shape index (κ1) is 23.3. The molecule has 9 heteroatoms. The van der Waals surface area contributed by atoms with Crippen LogP contribution in [0.1, 0.15) is 41.5 Å². The van der Waals surface area contributed by atoms with Crippen LogP contribution in [0.4, 0.5) is 10.7 Å².